The van der Waals surface area contributed by atoms with E-state index in [0.29, 0.717) is 0 Å². The van der Waals surface area contributed by atoms with E-state index < -0.39 is 0 Å². The molecule has 0 spiro atoms. The summed E-state index contributed by atoms with van der Waals surface area (Å²) in [6.45, 7) is 11.9. The van der Waals surface area contributed by atoms with Gasteiger partial charge >= 0.3 is 0 Å². The maximum atomic E-state index is 8.81. The first kappa shape index (κ1) is 27.1. The summed E-state index contributed by atoms with van der Waals surface area (Å²) in [6, 6.07) is 8.13. The molecule has 0 aliphatic heterocycles. The van der Waals surface area contributed by atoms with E-state index in [4.69, 9.17) is 10.5 Å². The van der Waals surface area contributed by atoms with Crippen LogP contribution in [-0.4, -0.2) is 47.3 Å². The van der Waals surface area contributed by atoms with Crippen molar-refractivity contribution >= 4 is 26.9 Å². The van der Waals surface area contributed by atoms with E-state index in [2.05, 4.69) is 56.2 Å². The van der Waals surface area contributed by atoms with Crippen molar-refractivity contribution in [2.45, 2.75) is 40.5 Å². The smallest absolute Gasteiger partial charge is 0.116 e. The molecule has 2 rings (SSSR count). The van der Waals surface area contributed by atoms with Crippen molar-refractivity contribution in [2.24, 2.45) is 5.73 Å². The molecule has 2 N–H and O–H groups in total. The number of aldehydes is 1. The summed E-state index contributed by atoms with van der Waals surface area (Å²) in [5, 5.41) is 1.12. The van der Waals surface area contributed by atoms with Gasteiger partial charge < -0.3 is 10.5 Å². The molecule has 6 heteroatoms. The molecule has 2 aromatic rings. The minimum atomic E-state index is 0.750. The lowest BCUT2D eigenvalue weighted by Crippen LogP contribution is -2.25. The summed E-state index contributed by atoms with van der Waals surface area (Å²) in [6.07, 6.45) is 11.2. The Bertz CT molecular complexity index is 701. The van der Waals surface area contributed by atoms with Gasteiger partial charge in [0.1, 0.15) is 6.29 Å². The van der Waals surface area contributed by atoms with E-state index in [1.165, 1.54) is 25.3 Å². The van der Waals surface area contributed by atoms with Crippen LogP contribution < -0.4 is 11.0 Å². The van der Waals surface area contributed by atoms with Crippen molar-refractivity contribution in [3.63, 3.8) is 0 Å². The van der Waals surface area contributed by atoms with Gasteiger partial charge in [0.25, 0.3) is 0 Å². The lowest BCUT2D eigenvalue weighted by Gasteiger charge is -2.18. The molecule has 0 bridgehead atoms. The lowest BCUT2D eigenvalue weighted by molar-refractivity contribution is -0.106. The third-order valence-electron chi connectivity index (χ3n) is 3.58. The fourth-order valence-corrected chi connectivity index (χ4v) is 2.79. The second-order valence-electron chi connectivity index (χ2n) is 6.30. The molecular formula is C23H37N4OP. The highest BCUT2D eigenvalue weighted by Gasteiger charge is 2.02. The monoisotopic (exact) mass is 416 g/mol. The number of carbonyl (C=O) groups is 1. The number of nitrogens with two attached hydrogens (primary N) is 1. The Balaban J connectivity index is 0.00000116. The molecule has 5 nitrogen and oxygen atoms in total. The first-order chi connectivity index (χ1) is 14.1. The van der Waals surface area contributed by atoms with Gasteiger partial charge in [-0.3, -0.25) is 14.9 Å². The van der Waals surface area contributed by atoms with Crippen molar-refractivity contribution < 1.29 is 4.79 Å². The minimum Gasteiger partial charge on any atom is -0.331 e. The Morgan fingerprint density at radius 2 is 1.55 bits per heavy atom. The fraction of sp³-hybridized carbons (Fsp3) is 0.435. The zero-order valence-electron chi connectivity index (χ0n) is 18.3. The van der Waals surface area contributed by atoms with E-state index in [0.717, 1.165) is 49.2 Å². The van der Waals surface area contributed by atoms with Gasteiger partial charge in [-0.15, -0.1) is 9.24 Å². The molecule has 1 atom stereocenters. The molecule has 29 heavy (non-hydrogen) atoms. The SMILES string of the molecule is CC=O.CCCN(C/C=C/c1ccnc(-c2cc(P)ccn2)c1)CCC.CCN. The van der Waals surface area contributed by atoms with E-state index in [9.17, 15) is 0 Å². The molecular weight excluding hydrogens is 379 g/mol. The van der Waals surface area contributed by atoms with Crippen LogP contribution in [0.1, 0.15) is 46.1 Å². The summed E-state index contributed by atoms with van der Waals surface area (Å²) in [5.74, 6) is 0. The van der Waals surface area contributed by atoms with Crippen LogP contribution in [0.5, 0.6) is 0 Å². The second kappa shape index (κ2) is 18.1. The Kier molecular flexibility index (Phi) is 16.9. The molecule has 160 valence electrons. The van der Waals surface area contributed by atoms with Crippen LogP contribution in [0.4, 0.5) is 0 Å². The molecule has 0 aliphatic rings. The molecule has 0 radical (unpaired) electrons. The fourth-order valence-electron chi connectivity index (χ4n) is 2.54. The zero-order valence-corrected chi connectivity index (χ0v) is 19.5. The average Bonchev–Trinajstić information content (AvgIpc) is 2.70. The van der Waals surface area contributed by atoms with Crippen molar-refractivity contribution in [1.82, 2.24) is 14.9 Å². The third kappa shape index (κ3) is 13.0. The molecule has 0 saturated heterocycles. The number of carbonyl (C=O) groups excluding carboxylic acids is 1. The quantitative estimate of drug-likeness (QED) is 0.521. The van der Waals surface area contributed by atoms with Gasteiger partial charge in [-0.2, -0.15) is 0 Å². The predicted molar refractivity (Wildman–Crippen MR) is 129 cm³/mol. The molecule has 0 aromatic carbocycles. The van der Waals surface area contributed by atoms with Gasteiger partial charge in [0.05, 0.1) is 11.4 Å². The van der Waals surface area contributed by atoms with Crippen LogP contribution >= 0.6 is 9.24 Å². The summed E-state index contributed by atoms with van der Waals surface area (Å²) in [7, 11) is 2.70. The summed E-state index contributed by atoms with van der Waals surface area (Å²) in [5.41, 5.74) is 7.83. The normalized spacial score (nSPS) is 10.2. The third-order valence-corrected chi connectivity index (χ3v) is 3.94. The number of hydrogen-bond acceptors (Lipinski definition) is 5. The first-order valence-electron chi connectivity index (χ1n) is 10.2. The van der Waals surface area contributed by atoms with Crippen molar-refractivity contribution in [3.05, 3.63) is 48.3 Å². The number of hydrogen-bond donors (Lipinski definition) is 1. The maximum absolute atomic E-state index is 8.81. The van der Waals surface area contributed by atoms with E-state index >= 15 is 0 Å². The number of aromatic nitrogens is 2. The number of rotatable bonds is 8. The van der Waals surface area contributed by atoms with E-state index in [1.807, 2.05) is 37.5 Å². The van der Waals surface area contributed by atoms with Gasteiger partial charge in [-0.25, -0.2) is 0 Å². The Hall–Kier alpha value is -1.94. The molecule has 0 saturated carbocycles. The lowest BCUT2D eigenvalue weighted by atomic mass is 10.1. The highest BCUT2D eigenvalue weighted by molar-refractivity contribution is 7.27. The van der Waals surface area contributed by atoms with E-state index in [-0.39, 0.29) is 0 Å². The maximum Gasteiger partial charge on any atom is 0.116 e. The summed E-state index contributed by atoms with van der Waals surface area (Å²) < 4.78 is 0. The Labute approximate surface area is 179 Å². The highest BCUT2D eigenvalue weighted by Crippen LogP contribution is 2.15. The molecule has 0 amide bonds. The predicted octanol–water partition coefficient (Wildman–Crippen LogP) is 3.95. The van der Waals surface area contributed by atoms with E-state index in [1.54, 1.807) is 0 Å². The van der Waals surface area contributed by atoms with Gasteiger partial charge in [0.15, 0.2) is 0 Å². The van der Waals surface area contributed by atoms with Crippen molar-refractivity contribution in [1.29, 1.82) is 0 Å². The summed E-state index contributed by atoms with van der Waals surface area (Å²) in [4.78, 5) is 20.1. The standard InChI is InChI=1S/C19H26N3P.C2H7N.C2H4O/c1-3-11-22(12-4-2)13-5-6-16-7-9-20-18(14-16)19-15-17(23)8-10-21-19;2*1-2-3/h5-10,14-15H,3-4,11-13,23H2,1-2H3;2-3H2,1H3;2H,1H3/b6-5+;;. The van der Waals surface area contributed by atoms with Gasteiger partial charge in [-0.1, -0.05) is 32.9 Å². The van der Waals surface area contributed by atoms with Crippen LogP contribution in [-0.2, 0) is 4.79 Å². The second-order valence-corrected chi connectivity index (χ2v) is 6.96. The molecule has 0 fully saturated rings. The molecule has 2 aromatic heterocycles. The largest absolute Gasteiger partial charge is 0.331 e. The Morgan fingerprint density at radius 1 is 1.03 bits per heavy atom. The molecule has 2 heterocycles. The molecule has 1 unspecified atom stereocenters. The summed E-state index contributed by atoms with van der Waals surface area (Å²) >= 11 is 0. The molecule has 0 aliphatic carbocycles. The first-order valence-corrected chi connectivity index (χ1v) is 10.8. The average molecular weight is 417 g/mol. The van der Waals surface area contributed by atoms with Gasteiger partial charge in [0.2, 0.25) is 0 Å². The van der Waals surface area contributed by atoms with Crippen molar-refractivity contribution in [2.75, 3.05) is 26.2 Å². The minimum absolute atomic E-state index is 0.750. The number of pyridine rings is 2. The van der Waals surface area contributed by atoms with Crippen molar-refractivity contribution in [3.8, 4) is 11.4 Å². The van der Waals surface area contributed by atoms with Crippen LogP contribution in [0.2, 0.25) is 0 Å². The topological polar surface area (TPSA) is 72.1 Å². The van der Waals surface area contributed by atoms with Crippen LogP contribution in [0, 0.1) is 0 Å². The highest BCUT2D eigenvalue weighted by atomic mass is 31.0. The van der Waals surface area contributed by atoms with Gasteiger partial charge in [0, 0.05) is 18.9 Å². The van der Waals surface area contributed by atoms with Crippen LogP contribution in [0.25, 0.3) is 17.5 Å². The van der Waals surface area contributed by atoms with Crippen LogP contribution in [0.15, 0.2) is 42.7 Å². The van der Waals surface area contributed by atoms with Gasteiger partial charge in [-0.05, 0) is 74.5 Å². The van der Waals surface area contributed by atoms with Crippen LogP contribution in [0.3, 0.4) is 0 Å². The zero-order chi connectivity index (χ0) is 21.9. The number of nitrogens with zero attached hydrogens (tertiary/aromatic N) is 3. The Morgan fingerprint density at radius 3 is 2.07 bits per heavy atom.